The normalized spacial score (nSPS) is 10.5. The van der Waals surface area contributed by atoms with Gasteiger partial charge in [0.15, 0.2) is 0 Å². The van der Waals surface area contributed by atoms with E-state index in [4.69, 9.17) is 0 Å². The van der Waals surface area contributed by atoms with Crippen LogP contribution >= 0.6 is 0 Å². The summed E-state index contributed by atoms with van der Waals surface area (Å²) in [6.45, 7) is 1.53. The first kappa shape index (κ1) is 19.0. The van der Waals surface area contributed by atoms with Crippen LogP contribution in [0.2, 0.25) is 0 Å². The van der Waals surface area contributed by atoms with Crippen molar-refractivity contribution in [2.75, 3.05) is 4.90 Å². The van der Waals surface area contributed by atoms with Crippen molar-refractivity contribution in [2.24, 2.45) is 0 Å². The highest BCUT2D eigenvalue weighted by molar-refractivity contribution is 5.93. The van der Waals surface area contributed by atoms with Gasteiger partial charge in [-0.2, -0.15) is 0 Å². The largest absolute Gasteiger partial charge is 0.306 e. The zero-order chi connectivity index (χ0) is 20.1. The zero-order valence-corrected chi connectivity index (χ0v) is 15.3. The Hall–Kier alpha value is -3.74. The van der Waals surface area contributed by atoms with Crippen LogP contribution in [0.1, 0.15) is 11.1 Å². The number of rotatable bonds is 6. The van der Waals surface area contributed by atoms with E-state index < -0.39 is 10.5 Å². The molecule has 3 rings (SSSR count). The fourth-order valence-electron chi connectivity index (χ4n) is 2.90. The molecule has 1 amide bonds. The number of aromatic nitrogens is 1. The molecule has 142 valence electrons. The highest BCUT2D eigenvalue weighted by atomic mass is 16.6. The molecule has 7 nitrogen and oxygen atoms in total. The minimum Gasteiger partial charge on any atom is -0.306 e. The molecular formula is C21H19N3O4. The van der Waals surface area contributed by atoms with Crippen LogP contribution in [-0.4, -0.2) is 15.4 Å². The number of carbonyl (C=O) groups is 1. The first-order valence-corrected chi connectivity index (χ1v) is 8.70. The van der Waals surface area contributed by atoms with Crippen molar-refractivity contribution >= 4 is 17.3 Å². The Morgan fingerprint density at radius 3 is 2.29 bits per heavy atom. The second-order valence-corrected chi connectivity index (χ2v) is 6.37. The Balaban J connectivity index is 1.93. The average Bonchev–Trinajstić information content (AvgIpc) is 2.69. The fraction of sp³-hybridized carbons (Fsp3) is 0.143. The van der Waals surface area contributed by atoms with Gasteiger partial charge in [0.2, 0.25) is 5.91 Å². The van der Waals surface area contributed by atoms with E-state index in [1.807, 2.05) is 48.5 Å². The van der Waals surface area contributed by atoms with Crippen LogP contribution < -0.4 is 10.5 Å². The van der Waals surface area contributed by atoms with E-state index in [0.717, 1.165) is 16.3 Å². The smallest absolute Gasteiger partial charge is 0.288 e. The number of benzene rings is 2. The summed E-state index contributed by atoms with van der Waals surface area (Å²) in [6, 6.07) is 19.8. The molecule has 7 heteroatoms. The van der Waals surface area contributed by atoms with Gasteiger partial charge in [0.25, 0.3) is 11.2 Å². The molecule has 0 aliphatic carbocycles. The number of nitrogens with zero attached hydrogens (tertiary/aromatic N) is 3. The van der Waals surface area contributed by atoms with Crippen LogP contribution in [0.4, 0.5) is 11.4 Å². The Morgan fingerprint density at radius 2 is 1.68 bits per heavy atom. The molecule has 28 heavy (non-hydrogen) atoms. The Kier molecular flexibility index (Phi) is 5.64. The highest BCUT2D eigenvalue weighted by Gasteiger charge is 2.19. The summed E-state index contributed by atoms with van der Waals surface area (Å²) in [5.41, 5.74) is 1.24. The predicted molar refractivity (Wildman–Crippen MR) is 106 cm³/mol. The summed E-state index contributed by atoms with van der Waals surface area (Å²) < 4.78 is 1.08. The molecule has 0 saturated heterocycles. The maximum Gasteiger partial charge on any atom is 0.288 e. The molecular weight excluding hydrogens is 358 g/mol. The summed E-state index contributed by atoms with van der Waals surface area (Å²) >= 11 is 0. The Labute approximate surface area is 161 Å². The fourth-order valence-corrected chi connectivity index (χ4v) is 2.90. The summed E-state index contributed by atoms with van der Waals surface area (Å²) in [7, 11) is 0. The molecule has 0 spiro atoms. The van der Waals surface area contributed by atoms with Crippen molar-refractivity contribution in [1.29, 1.82) is 0 Å². The number of carbonyl (C=O) groups excluding carboxylic acids is 1. The first-order chi connectivity index (χ1) is 13.5. The van der Waals surface area contributed by atoms with Crippen LogP contribution in [0.3, 0.4) is 0 Å². The van der Waals surface area contributed by atoms with Gasteiger partial charge < -0.3 is 4.90 Å². The van der Waals surface area contributed by atoms with Gasteiger partial charge >= 0.3 is 0 Å². The molecule has 0 fully saturated rings. The number of amides is 1. The third-order valence-corrected chi connectivity index (χ3v) is 4.36. The average molecular weight is 377 g/mol. The lowest BCUT2D eigenvalue weighted by atomic mass is 10.2. The van der Waals surface area contributed by atoms with Gasteiger partial charge in [-0.1, -0.05) is 48.5 Å². The number of hydrogen-bond acceptors (Lipinski definition) is 4. The van der Waals surface area contributed by atoms with E-state index in [2.05, 4.69) is 0 Å². The topological polar surface area (TPSA) is 85.5 Å². The Bertz CT molecular complexity index is 1050. The monoisotopic (exact) mass is 377 g/mol. The van der Waals surface area contributed by atoms with E-state index in [1.54, 1.807) is 17.0 Å². The maximum atomic E-state index is 13.0. The van der Waals surface area contributed by atoms with Crippen molar-refractivity contribution in [3.8, 4) is 0 Å². The van der Waals surface area contributed by atoms with Gasteiger partial charge in [-0.25, -0.2) is 0 Å². The molecule has 0 aliphatic rings. The molecule has 3 aromatic rings. The molecule has 0 saturated carbocycles. The molecule has 1 heterocycles. The molecule has 2 aromatic carbocycles. The molecule has 1 aromatic heterocycles. The van der Waals surface area contributed by atoms with Crippen LogP contribution in [0, 0.1) is 17.0 Å². The lowest BCUT2D eigenvalue weighted by molar-refractivity contribution is -0.385. The van der Waals surface area contributed by atoms with Gasteiger partial charge in [0.05, 0.1) is 17.7 Å². The van der Waals surface area contributed by atoms with Crippen LogP contribution in [-0.2, 0) is 17.9 Å². The highest BCUT2D eigenvalue weighted by Crippen LogP contribution is 2.19. The van der Waals surface area contributed by atoms with Crippen molar-refractivity contribution in [1.82, 2.24) is 4.57 Å². The number of pyridine rings is 1. The summed E-state index contributed by atoms with van der Waals surface area (Å²) in [6.07, 6.45) is 1.13. The molecule has 0 unspecified atom stereocenters. The third kappa shape index (κ3) is 4.32. The van der Waals surface area contributed by atoms with Crippen LogP contribution in [0.25, 0.3) is 0 Å². The van der Waals surface area contributed by atoms with Crippen molar-refractivity contribution in [2.45, 2.75) is 20.0 Å². The van der Waals surface area contributed by atoms with Gasteiger partial charge in [0.1, 0.15) is 6.54 Å². The third-order valence-electron chi connectivity index (χ3n) is 4.36. The standard InChI is InChI=1S/C21H19N3O4/c1-16-12-20(25)22(14-19(16)24(27)28)15-21(26)23(18-10-6-3-7-11-18)13-17-8-4-2-5-9-17/h2-12,14H,13,15H2,1H3. The van der Waals surface area contributed by atoms with E-state index >= 15 is 0 Å². The van der Waals surface area contributed by atoms with Gasteiger partial charge in [-0.15, -0.1) is 0 Å². The van der Waals surface area contributed by atoms with Gasteiger partial charge in [0, 0.05) is 17.3 Å². The van der Waals surface area contributed by atoms with Gasteiger partial charge in [-0.3, -0.25) is 24.3 Å². The molecule has 0 N–H and O–H groups in total. The number of aryl methyl sites for hydroxylation is 1. The van der Waals surface area contributed by atoms with Crippen LogP contribution in [0.5, 0.6) is 0 Å². The lowest BCUT2D eigenvalue weighted by Gasteiger charge is -2.23. The first-order valence-electron chi connectivity index (χ1n) is 8.70. The van der Waals surface area contributed by atoms with E-state index in [1.165, 1.54) is 13.0 Å². The second kappa shape index (κ2) is 8.30. The second-order valence-electron chi connectivity index (χ2n) is 6.37. The molecule has 0 aliphatic heterocycles. The van der Waals surface area contributed by atoms with Crippen molar-refractivity contribution < 1.29 is 9.72 Å². The van der Waals surface area contributed by atoms with E-state index in [0.29, 0.717) is 12.2 Å². The van der Waals surface area contributed by atoms with E-state index in [9.17, 15) is 19.7 Å². The summed E-state index contributed by atoms with van der Waals surface area (Å²) in [5.74, 6) is -0.338. The maximum absolute atomic E-state index is 13.0. The molecule has 0 atom stereocenters. The van der Waals surface area contributed by atoms with Gasteiger partial charge in [-0.05, 0) is 24.6 Å². The number of para-hydroxylation sites is 1. The van der Waals surface area contributed by atoms with E-state index in [-0.39, 0.29) is 23.7 Å². The predicted octanol–water partition coefficient (Wildman–Crippen LogP) is 3.30. The van der Waals surface area contributed by atoms with Crippen molar-refractivity contribution in [3.63, 3.8) is 0 Å². The minimum absolute atomic E-state index is 0.193. The molecule has 0 bridgehead atoms. The Morgan fingerprint density at radius 1 is 1.07 bits per heavy atom. The van der Waals surface area contributed by atoms with Crippen molar-refractivity contribution in [3.05, 3.63) is 105 Å². The summed E-state index contributed by atoms with van der Waals surface area (Å²) in [5, 5.41) is 11.2. The molecule has 0 radical (unpaired) electrons. The number of hydrogen-bond donors (Lipinski definition) is 0. The SMILES string of the molecule is Cc1cc(=O)n(CC(=O)N(Cc2ccccc2)c2ccccc2)cc1[N+](=O)[O-]. The van der Waals surface area contributed by atoms with Crippen LogP contribution in [0.15, 0.2) is 77.7 Å². The quantitative estimate of drug-likeness (QED) is 0.487. The number of anilines is 1. The summed E-state index contributed by atoms with van der Waals surface area (Å²) in [4.78, 5) is 37.4. The minimum atomic E-state index is -0.561. The zero-order valence-electron chi connectivity index (χ0n) is 15.3. The number of nitro groups is 1. The lowest BCUT2D eigenvalue weighted by Crippen LogP contribution is -2.36.